The topological polar surface area (TPSA) is 67.9 Å². The van der Waals surface area contributed by atoms with E-state index in [2.05, 4.69) is 5.32 Å². The maximum atomic E-state index is 13.0. The highest BCUT2D eigenvalue weighted by molar-refractivity contribution is 5.84. The number of rotatable bonds is 7. The minimum atomic E-state index is -0.354. The first-order valence-corrected chi connectivity index (χ1v) is 10.3. The van der Waals surface area contributed by atoms with Gasteiger partial charge in [-0.2, -0.15) is 0 Å². The van der Waals surface area contributed by atoms with Gasteiger partial charge in [-0.05, 0) is 37.6 Å². The quantitative estimate of drug-likeness (QED) is 0.762. The smallest absolute Gasteiger partial charge is 0.227 e. The Balaban J connectivity index is 1.89. The van der Waals surface area contributed by atoms with E-state index in [9.17, 15) is 9.59 Å². The average Bonchev–Trinajstić information content (AvgIpc) is 3.19. The molecule has 0 aliphatic carbocycles. The molecule has 1 fully saturated rings. The van der Waals surface area contributed by atoms with E-state index in [4.69, 9.17) is 9.47 Å². The Kier molecular flexibility index (Phi) is 6.98. The molecule has 0 saturated carbocycles. The van der Waals surface area contributed by atoms with Crippen molar-refractivity contribution in [3.8, 4) is 11.5 Å². The molecule has 0 bridgehead atoms. The van der Waals surface area contributed by atoms with Gasteiger partial charge in [0.1, 0.15) is 11.5 Å². The number of hydrogen-bond donors (Lipinski definition) is 1. The predicted molar refractivity (Wildman–Crippen MR) is 116 cm³/mol. The SMILES string of the molecule is COc1ccc(OC)c([C@@H]2CN(C(=O)Cc3ccccc3)C[C@@H]2C(=O)NC(C)C)c1. The lowest BCUT2D eigenvalue weighted by atomic mass is 9.87. The lowest BCUT2D eigenvalue weighted by Gasteiger charge is -2.22. The fourth-order valence-corrected chi connectivity index (χ4v) is 3.99. The Bertz CT molecular complexity index is 882. The van der Waals surface area contributed by atoms with Gasteiger partial charge in [-0.1, -0.05) is 30.3 Å². The van der Waals surface area contributed by atoms with E-state index in [1.165, 1.54) is 0 Å². The molecule has 2 aromatic carbocycles. The van der Waals surface area contributed by atoms with Gasteiger partial charge in [0, 0.05) is 30.6 Å². The van der Waals surface area contributed by atoms with Crippen LogP contribution in [0.5, 0.6) is 11.5 Å². The summed E-state index contributed by atoms with van der Waals surface area (Å²) in [6, 6.07) is 15.3. The molecule has 6 heteroatoms. The zero-order valence-corrected chi connectivity index (χ0v) is 18.1. The second-order valence-electron chi connectivity index (χ2n) is 7.95. The second kappa shape index (κ2) is 9.65. The molecule has 0 unspecified atom stereocenters. The largest absolute Gasteiger partial charge is 0.497 e. The Hall–Kier alpha value is -3.02. The number of carbonyl (C=O) groups excluding carboxylic acids is 2. The van der Waals surface area contributed by atoms with E-state index in [0.29, 0.717) is 31.0 Å². The van der Waals surface area contributed by atoms with Crippen molar-refractivity contribution in [2.24, 2.45) is 5.92 Å². The molecule has 1 aliphatic heterocycles. The van der Waals surface area contributed by atoms with Gasteiger partial charge in [0.15, 0.2) is 0 Å². The third-order valence-electron chi connectivity index (χ3n) is 5.47. The normalized spacial score (nSPS) is 18.4. The average molecular weight is 411 g/mol. The van der Waals surface area contributed by atoms with Crippen molar-refractivity contribution in [3.05, 3.63) is 59.7 Å². The number of carbonyl (C=O) groups is 2. The molecule has 2 aromatic rings. The van der Waals surface area contributed by atoms with Crippen LogP contribution in [0.4, 0.5) is 0 Å². The van der Waals surface area contributed by atoms with Crippen LogP contribution < -0.4 is 14.8 Å². The molecule has 1 heterocycles. The molecule has 6 nitrogen and oxygen atoms in total. The molecule has 0 spiro atoms. The number of benzene rings is 2. The number of amides is 2. The van der Waals surface area contributed by atoms with E-state index in [1.807, 2.05) is 62.4 Å². The van der Waals surface area contributed by atoms with Gasteiger partial charge >= 0.3 is 0 Å². The third kappa shape index (κ3) is 4.93. The Labute approximate surface area is 178 Å². The Morgan fingerprint density at radius 2 is 1.80 bits per heavy atom. The molecule has 1 N–H and O–H groups in total. The van der Waals surface area contributed by atoms with Crippen molar-refractivity contribution >= 4 is 11.8 Å². The van der Waals surface area contributed by atoms with Crippen LogP contribution in [0.2, 0.25) is 0 Å². The number of methoxy groups -OCH3 is 2. The molecule has 2 atom stereocenters. The zero-order chi connectivity index (χ0) is 21.7. The summed E-state index contributed by atoms with van der Waals surface area (Å²) in [6.07, 6.45) is 0.321. The Morgan fingerprint density at radius 3 is 2.43 bits per heavy atom. The van der Waals surface area contributed by atoms with Crippen LogP contribution in [0.1, 0.15) is 30.9 Å². The van der Waals surface area contributed by atoms with E-state index < -0.39 is 0 Å². The summed E-state index contributed by atoms with van der Waals surface area (Å²) < 4.78 is 11.0. The highest BCUT2D eigenvalue weighted by Crippen LogP contribution is 2.39. The first-order valence-electron chi connectivity index (χ1n) is 10.3. The van der Waals surface area contributed by atoms with Crippen LogP contribution in [-0.4, -0.2) is 50.1 Å². The summed E-state index contributed by atoms with van der Waals surface area (Å²) in [6.45, 7) is 4.72. The van der Waals surface area contributed by atoms with Crippen LogP contribution in [-0.2, 0) is 16.0 Å². The summed E-state index contributed by atoms with van der Waals surface area (Å²) in [5.74, 6) is 0.841. The zero-order valence-electron chi connectivity index (χ0n) is 18.1. The molecule has 0 aromatic heterocycles. The first kappa shape index (κ1) is 21.7. The van der Waals surface area contributed by atoms with Crippen LogP contribution in [0, 0.1) is 5.92 Å². The lowest BCUT2D eigenvalue weighted by molar-refractivity contribution is -0.130. The van der Waals surface area contributed by atoms with Crippen molar-refractivity contribution in [3.63, 3.8) is 0 Å². The molecule has 160 valence electrons. The van der Waals surface area contributed by atoms with Crippen molar-refractivity contribution in [1.82, 2.24) is 10.2 Å². The number of hydrogen-bond acceptors (Lipinski definition) is 4. The molecule has 3 rings (SSSR count). The van der Waals surface area contributed by atoms with Gasteiger partial charge in [0.25, 0.3) is 0 Å². The summed E-state index contributed by atoms with van der Waals surface area (Å²) in [5.41, 5.74) is 1.85. The lowest BCUT2D eigenvalue weighted by Crippen LogP contribution is -2.39. The van der Waals surface area contributed by atoms with Crippen molar-refractivity contribution in [2.45, 2.75) is 32.2 Å². The van der Waals surface area contributed by atoms with Crippen LogP contribution in [0.25, 0.3) is 0 Å². The van der Waals surface area contributed by atoms with Gasteiger partial charge in [-0.25, -0.2) is 0 Å². The van der Waals surface area contributed by atoms with E-state index in [-0.39, 0.29) is 29.7 Å². The second-order valence-corrected chi connectivity index (χ2v) is 7.95. The van der Waals surface area contributed by atoms with Gasteiger partial charge in [0.05, 0.1) is 26.6 Å². The van der Waals surface area contributed by atoms with Gasteiger partial charge < -0.3 is 19.7 Å². The van der Waals surface area contributed by atoms with Crippen molar-refractivity contribution in [1.29, 1.82) is 0 Å². The minimum absolute atomic E-state index is 0.0212. The van der Waals surface area contributed by atoms with Crippen molar-refractivity contribution < 1.29 is 19.1 Å². The summed E-state index contributed by atoms with van der Waals surface area (Å²) in [4.78, 5) is 27.8. The molecular weight excluding hydrogens is 380 g/mol. The standard InChI is InChI=1S/C24H30N2O4/c1-16(2)25-24(28)21-15-26(23(27)12-17-8-6-5-7-9-17)14-20(21)19-13-18(29-3)10-11-22(19)30-4/h5-11,13,16,20-21H,12,14-15H2,1-4H3,(H,25,28)/t20-,21-/m0/s1. The number of likely N-dealkylation sites (tertiary alicyclic amines) is 1. The summed E-state index contributed by atoms with van der Waals surface area (Å²) in [5, 5.41) is 3.01. The van der Waals surface area contributed by atoms with Crippen LogP contribution >= 0.6 is 0 Å². The molecule has 1 aliphatic rings. The minimum Gasteiger partial charge on any atom is -0.497 e. The molecule has 0 radical (unpaired) electrons. The summed E-state index contributed by atoms with van der Waals surface area (Å²) in [7, 11) is 3.22. The third-order valence-corrected chi connectivity index (χ3v) is 5.47. The van der Waals surface area contributed by atoms with E-state index in [1.54, 1.807) is 19.1 Å². The highest BCUT2D eigenvalue weighted by Gasteiger charge is 2.41. The maximum Gasteiger partial charge on any atom is 0.227 e. The van der Waals surface area contributed by atoms with Gasteiger partial charge in [-0.3, -0.25) is 9.59 Å². The number of nitrogens with one attached hydrogen (secondary N) is 1. The van der Waals surface area contributed by atoms with Crippen LogP contribution in [0.15, 0.2) is 48.5 Å². The monoisotopic (exact) mass is 410 g/mol. The van der Waals surface area contributed by atoms with Gasteiger partial charge in [-0.15, -0.1) is 0 Å². The van der Waals surface area contributed by atoms with E-state index in [0.717, 1.165) is 11.1 Å². The fraction of sp³-hybridized carbons (Fsp3) is 0.417. The molecule has 1 saturated heterocycles. The molecular formula is C24H30N2O4. The fourth-order valence-electron chi connectivity index (χ4n) is 3.99. The van der Waals surface area contributed by atoms with Gasteiger partial charge in [0.2, 0.25) is 11.8 Å². The maximum absolute atomic E-state index is 13.0. The predicted octanol–water partition coefficient (Wildman–Crippen LogP) is 3.01. The van der Waals surface area contributed by atoms with Crippen LogP contribution in [0.3, 0.4) is 0 Å². The number of ether oxygens (including phenoxy) is 2. The number of nitrogens with zero attached hydrogens (tertiary/aromatic N) is 1. The highest BCUT2D eigenvalue weighted by atomic mass is 16.5. The Morgan fingerprint density at radius 1 is 1.07 bits per heavy atom. The summed E-state index contributed by atoms with van der Waals surface area (Å²) >= 11 is 0. The first-order chi connectivity index (χ1) is 14.4. The van der Waals surface area contributed by atoms with Crippen molar-refractivity contribution in [2.75, 3.05) is 27.3 Å². The molecule has 30 heavy (non-hydrogen) atoms. The molecule has 2 amide bonds. The van der Waals surface area contributed by atoms with E-state index >= 15 is 0 Å².